The number of hydrogen-bond donors (Lipinski definition) is 0. The van der Waals surface area contributed by atoms with Gasteiger partial charge in [0.25, 0.3) is 0 Å². The van der Waals surface area contributed by atoms with Gasteiger partial charge in [-0.15, -0.1) is 0 Å². The third-order valence-corrected chi connectivity index (χ3v) is 2.49. The van der Waals surface area contributed by atoms with Gasteiger partial charge in [0.1, 0.15) is 0 Å². The van der Waals surface area contributed by atoms with Gasteiger partial charge in [0, 0.05) is 11.1 Å². The maximum Gasteiger partial charge on any atom is 0.0278 e. The van der Waals surface area contributed by atoms with Crippen molar-refractivity contribution < 1.29 is 0 Å². The first-order valence-electron chi connectivity index (χ1n) is 5.69. The average Bonchev–Trinajstić information content (AvgIpc) is 2.42. The molecule has 0 heterocycles. The van der Waals surface area contributed by atoms with Crippen LogP contribution in [-0.4, -0.2) is 0 Å². The van der Waals surface area contributed by atoms with Crippen LogP contribution in [-0.2, 0) is 0 Å². The van der Waals surface area contributed by atoms with Crippen molar-refractivity contribution in [3.63, 3.8) is 0 Å². The van der Waals surface area contributed by atoms with Crippen LogP contribution in [0.5, 0.6) is 0 Å². The molecule has 0 amide bonds. The molecular weight excluding hydrogens is 204 g/mol. The molecule has 0 heteroatoms. The molecule has 0 radical (unpaired) electrons. The Kier molecular flexibility index (Phi) is 3.78. The van der Waals surface area contributed by atoms with Crippen molar-refractivity contribution in [3.8, 4) is 11.8 Å². The molecule has 0 atom stereocenters. The van der Waals surface area contributed by atoms with E-state index in [4.69, 9.17) is 0 Å². The van der Waals surface area contributed by atoms with Gasteiger partial charge in [0.2, 0.25) is 0 Å². The van der Waals surface area contributed by atoms with E-state index in [0.29, 0.717) is 0 Å². The van der Waals surface area contributed by atoms with Crippen LogP contribution in [0.15, 0.2) is 66.7 Å². The molecule has 0 aliphatic rings. The molecule has 0 saturated heterocycles. The second-order valence-corrected chi connectivity index (χ2v) is 3.68. The summed E-state index contributed by atoms with van der Waals surface area (Å²) in [5, 5.41) is 0. The van der Waals surface area contributed by atoms with Crippen LogP contribution < -0.4 is 0 Å². The number of benzene rings is 2. The number of allylic oxidation sites excluding steroid dienone is 2. The minimum atomic E-state index is 1.04. The molecule has 0 saturated carbocycles. The molecule has 2 aromatic carbocycles. The van der Waals surface area contributed by atoms with Gasteiger partial charge in [0.05, 0.1) is 0 Å². The summed E-state index contributed by atoms with van der Waals surface area (Å²) in [4.78, 5) is 0. The van der Waals surface area contributed by atoms with Crippen LogP contribution >= 0.6 is 0 Å². The average molecular weight is 218 g/mol. The quantitative estimate of drug-likeness (QED) is 0.631. The predicted octanol–water partition coefficient (Wildman–Crippen LogP) is 4.14. The monoisotopic (exact) mass is 218 g/mol. The summed E-state index contributed by atoms with van der Waals surface area (Å²) in [6, 6.07) is 20.3. The lowest BCUT2D eigenvalue weighted by Gasteiger charge is -1.97. The first-order valence-corrected chi connectivity index (χ1v) is 5.69. The highest BCUT2D eigenvalue weighted by Gasteiger charge is 1.94. The first-order chi connectivity index (χ1) is 8.40. The summed E-state index contributed by atoms with van der Waals surface area (Å²) >= 11 is 0. The van der Waals surface area contributed by atoms with Gasteiger partial charge in [-0.1, -0.05) is 66.4 Å². The topological polar surface area (TPSA) is 0 Å². The molecule has 82 valence electrons. The highest BCUT2D eigenvalue weighted by atomic mass is 14.0. The molecular formula is C17H14. The Hall–Kier alpha value is -2.26. The summed E-state index contributed by atoms with van der Waals surface area (Å²) < 4.78 is 0. The van der Waals surface area contributed by atoms with Gasteiger partial charge < -0.3 is 0 Å². The second kappa shape index (κ2) is 5.72. The fourth-order valence-electron chi connectivity index (χ4n) is 1.59. The Balaban J connectivity index is 2.27. The Morgan fingerprint density at radius 2 is 1.47 bits per heavy atom. The minimum absolute atomic E-state index is 1.04. The van der Waals surface area contributed by atoms with Gasteiger partial charge in [0.15, 0.2) is 0 Å². The summed E-state index contributed by atoms with van der Waals surface area (Å²) in [6.45, 7) is 2.02. The maximum absolute atomic E-state index is 3.21. The van der Waals surface area contributed by atoms with E-state index in [2.05, 4.69) is 24.0 Å². The number of hydrogen-bond acceptors (Lipinski definition) is 0. The van der Waals surface area contributed by atoms with E-state index in [1.807, 2.05) is 61.5 Å². The van der Waals surface area contributed by atoms with Crippen LogP contribution in [0.1, 0.15) is 18.1 Å². The predicted molar refractivity (Wildman–Crippen MR) is 73.4 cm³/mol. The summed E-state index contributed by atoms with van der Waals surface area (Å²) in [6.07, 6.45) is 2.05. The van der Waals surface area contributed by atoms with Crippen LogP contribution in [0.3, 0.4) is 0 Å². The highest BCUT2D eigenvalue weighted by Crippen LogP contribution is 2.12. The standard InChI is InChI=1S/C17H14/c1-2-16(17-11-7-4-8-12-17)14-13-15-9-5-3-6-10-15/h2-12H,1H3. The maximum atomic E-state index is 3.21. The van der Waals surface area contributed by atoms with E-state index >= 15 is 0 Å². The molecule has 2 rings (SSSR count). The minimum Gasteiger partial charge on any atom is -0.0713 e. The Bertz CT molecular complexity index is 551. The number of rotatable bonds is 1. The zero-order chi connectivity index (χ0) is 11.9. The zero-order valence-electron chi connectivity index (χ0n) is 9.85. The van der Waals surface area contributed by atoms with Crippen molar-refractivity contribution in [2.75, 3.05) is 0 Å². The van der Waals surface area contributed by atoms with Crippen molar-refractivity contribution in [2.45, 2.75) is 6.92 Å². The molecule has 2 aromatic rings. The summed E-state index contributed by atoms with van der Waals surface area (Å²) in [5.41, 5.74) is 3.27. The smallest absolute Gasteiger partial charge is 0.0278 e. The molecule has 0 N–H and O–H groups in total. The van der Waals surface area contributed by atoms with Gasteiger partial charge in [-0.25, -0.2) is 0 Å². The largest absolute Gasteiger partial charge is 0.0713 e. The van der Waals surface area contributed by atoms with Gasteiger partial charge in [-0.05, 0) is 24.6 Å². The van der Waals surface area contributed by atoms with Crippen molar-refractivity contribution >= 4 is 5.57 Å². The van der Waals surface area contributed by atoms with E-state index in [1.165, 1.54) is 5.56 Å². The van der Waals surface area contributed by atoms with Gasteiger partial charge in [-0.3, -0.25) is 0 Å². The lowest BCUT2D eigenvalue weighted by atomic mass is 10.1. The molecule has 0 aliphatic carbocycles. The van der Waals surface area contributed by atoms with E-state index in [9.17, 15) is 0 Å². The van der Waals surface area contributed by atoms with Crippen molar-refractivity contribution in [3.05, 3.63) is 77.9 Å². The summed E-state index contributed by atoms with van der Waals surface area (Å²) in [7, 11) is 0. The molecule has 0 nitrogen and oxygen atoms in total. The first kappa shape index (κ1) is 11.2. The molecule has 0 spiro atoms. The Morgan fingerprint density at radius 3 is 2.06 bits per heavy atom. The third-order valence-electron chi connectivity index (χ3n) is 2.49. The third kappa shape index (κ3) is 3.09. The molecule has 0 unspecified atom stereocenters. The Morgan fingerprint density at radius 1 is 0.882 bits per heavy atom. The van der Waals surface area contributed by atoms with Gasteiger partial charge in [-0.2, -0.15) is 0 Å². The van der Waals surface area contributed by atoms with Crippen LogP contribution in [0.2, 0.25) is 0 Å². The molecule has 17 heavy (non-hydrogen) atoms. The Labute approximate surface area is 103 Å². The van der Waals surface area contributed by atoms with Crippen LogP contribution in [0, 0.1) is 11.8 Å². The van der Waals surface area contributed by atoms with Crippen molar-refractivity contribution in [1.82, 2.24) is 0 Å². The highest BCUT2D eigenvalue weighted by molar-refractivity contribution is 5.79. The molecule has 0 fully saturated rings. The fraction of sp³-hybridized carbons (Fsp3) is 0.0588. The summed E-state index contributed by atoms with van der Waals surface area (Å²) in [5.74, 6) is 6.39. The zero-order valence-corrected chi connectivity index (χ0v) is 9.85. The van der Waals surface area contributed by atoms with Crippen molar-refractivity contribution in [1.29, 1.82) is 0 Å². The van der Waals surface area contributed by atoms with E-state index < -0.39 is 0 Å². The van der Waals surface area contributed by atoms with Crippen LogP contribution in [0.4, 0.5) is 0 Å². The van der Waals surface area contributed by atoms with Crippen LogP contribution in [0.25, 0.3) is 5.57 Å². The molecule has 0 aromatic heterocycles. The van der Waals surface area contributed by atoms with Crippen molar-refractivity contribution in [2.24, 2.45) is 0 Å². The van der Waals surface area contributed by atoms with E-state index in [1.54, 1.807) is 0 Å². The lowest BCUT2D eigenvalue weighted by molar-refractivity contribution is 1.61. The lowest BCUT2D eigenvalue weighted by Crippen LogP contribution is -1.80. The molecule has 0 aliphatic heterocycles. The SMILES string of the molecule is CC=C(C#Cc1ccccc1)c1ccccc1. The van der Waals surface area contributed by atoms with E-state index in [-0.39, 0.29) is 0 Å². The van der Waals surface area contributed by atoms with E-state index in [0.717, 1.165) is 11.1 Å². The second-order valence-electron chi connectivity index (χ2n) is 3.68. The molecule has 0 bridgehead atoms. The normalized spacial score (nSPS) is 10.5. The fourth-order valence-corrected chi connectivity index (χ4v) is 1.59. The van der Waals surface area contributed by atoms with Gasteiger partial charge >= 0.3 is 0 Å².